The van der Waals surface area contributed by atoms with E-state index < -0.39 is 5.97 Å². The molecule has 0 saturated heterocycles. The highest BCUT2D eigenvalue weighted by Gasteiger charge is 2.04. The second-order valence-corrected chi connectivity index (χ2v) is 5.79. The Labute approximate surface area is 98.8 Å². The maximum absolute atomic E-state index is 10.6. The first kappa shape index (κ1) is 10.5. The number of hydrogen-bond acceptors (Lipinski definition) is 4. The van der Waals surface area contributed by atoms with Crippen LogP contribution in [-0.2, 0) is 0 Å². The molecule has 2 aromatic rings. The minimum Gasteiger partial charge on any atom is -0.478 e. The molecule has 0 amide bonds. The fraction of sp³-hybridized carbons (Fsp3) is 0. The lowest BCUT2D eigenvalue weighted by Gasteiger charge is -1.97. The third-order valence-corrected chi connectivity index (χ3v) is 4.79. The molecule has 0 atom stereocenters. The van der Waals surface area contributed by atoms with E-state index in [2.05, 4.69) is 0 Å². The van der Waals surface area contributed by atoms with Gasteiger partial charge in [0.25, 0.3) is 0 Å². The highest BCUT2D eigenvalue weighted by molar-refractivity contribution is 7.80. The van der Waals surface area contributed by atoms with Crippen molar-refractivity contribution in [3.8, 4) is 10.4 Å². The van der Waals surface area contributed by atoms with E-state index >= 15 is 0 Å². The molecule has 0 aliphatic carbocycles. The third-order valence-electron chi connectivity index (χ3n) is 1.88. The maximum atomic E-state index is 10.6. The fourth-order valence-electron chi connectivity index (χ4n) is 1.15. The van der Waals surface area contributed by atoms with Gasteiger partial charge >= 0.3 is 5.97 Å². The minimum absolute atomic E-state index is 0.303. The van der Waals surface area contributed by atoms with E-state index in [1.54, 1.807) is 44.9 Å². The van der Waals surface area contributed by atoms with Crippen molar-refractivity contribution in [2.45, 2.75) is 0 Å². The Morgan fingerprint density at radius 3 is 2.33 bits per heavy atom. The molecule has 1 aromatic carbocycles. The molecule has 0 aliphatic heterocycles. The molecule has 0 radical (unpaired) electrons. The monoisotopic (exact) mass is 254 g/mol. The van der Waals surface area contributed by atoms with Gasteiger partial charge in [-0.2, -0.15) is 0 Å². The van der Waals surface area contributed by atoms with E-state index in [4.69, 9.17) is 17.3 Å². The fourth-order valence-corrected chi connectivity index (χ4v) is 3.55. The zero-order chi connectivity index (χ0) is 10.8. The summed E-state index contributed by atoms with van der Waals surface area (Å²) in [4.78, 5) is 11.7. The van der Waals surface area contributed by atoms with Crippen LogP contribution >= 0.6 is 32.9 Å². The van der Waals surface area contributed by atoms with Crippen molar-refractivity contribution in [1.82, 2.24) is 0 Å². The average molecular weight is 254 g/mol. The molecule has 0 fully saturated rings. The Balaban J connectivity index is 2.39. The van der Waals surface area contributed by atoms with Crippen molar-refractivity contribution in [3.05, 3.63) is 39.7 Å². The van der Waals surface area contributed by atoms with Gasteiger partial charge in [-0.15, -0.1) is 0 Å². The number of carboxylic acid groups (broad SMARTS) is 1. The summed E-state index contributed by atoms with van der Waals surface area (Å²) in [6.07, 6.45) is 0. The smallest absolute Gasteiger partial charge is 0.335 e. The third kappa shape index (κ3) is 2.31. The summed E-state index contributed by atoms with van der Waals surface area (Å²) in [5.74, 6) is -0.903. The average Bonchev–Trinajstić information content (AvgIpc) is 2.65. The number of hydrogen-bond donors (Lipinski definition) is 1. The first-order valence-corrected chi connectivity index (χ1v) is 6.66. The molecule has 0 bridgehead atoms. The van der Waals surface area contributed by atoms with Gasteiger partial charge in [-0.25, -0.2) is 4.79 Å². The molecule has 0 aliphatic rings. The van der Waals surface area contributed by atoms with E-state index in [0.717, 1.165) is 14.3 Å². The van der Waals surface area contributed by atoms with E-state index in [1.807, 2.05) is 6.07 Å². The summed E-state index contributed by atoms with van der Waals surface area (Å²) in [5.41, 5.74) is 1.31. The van der Waals surface area contributed by atoms with Crippen molar-refractivity contribution in [2.24, 2.45) is 0 Å². The van der Waals surface area contributed by atoms with Crippen molar-refractivity contribution in [2.75, 3.05) is 0 Å². The van der Waals surface area contributed by atoms with Crippen LogP contribution in [0.3, 0.4) is 0 Å². The quantitative estimate of drug-likeness (QED) is 0.652. The van der Waals surface area contributed by atoms with Gasteiger partial charge in [0.05, 0.1) is 5.56 Å². The van der Waals surface area contributed by atoms with Crippen LogP contribution in [0.15, 0.2) is 30.3 Å². The molecule has 0 saturated carbocycles. The predicted octanol–water partition coefficient (Wildman–Crippen LogP) is 3.90. The van der Waals surface area contributed by atoms with Gasteiger partial charge in [-0.1, -0.05) is 45.0 Å². The molecule has 1 aromatic heterocycles. The predicted molar refractivity (Wildman–Crippen MR) is 65.4 cm³/mol. The van der Waals surface area contributed by atoms with Crippen LogP contribution in [0.4, 0.5) is 0 Å². The normalized spacial score (nSPS) is 10.1. The Morgan fingerprint density at radius 1 is 1.20 bits per heavy atom. The van der Waals surface area contributed by atoms with Crippen LogP contribution in [0.2, 0.25) is 0 Å². The number of rotatable bonds is 2. The minimum atomic E-state index is -0.903. The molecular weight excluding hydrogens is 248 g/mol. The summed E-state index contributed by atoms with van der Waals surface area (Å²) in [6, 6.07) is 8.74. The summed E-state index contributed by atoms with van der Waals surface area (Å²) in [5, 5.41) is 8.74. The SMILES string of the molecule is O=C(O)c1ccc(-c2cc(=S)ss2)cc1. The second-order valence-electron chi connectivity index (χ2n) is 2.88. The molecule has 0 unspecified atom stereocenters. The van der Waals surface area contributed by atoms with Gasteiger partial charge < -0.3 is 5.11 Å². The van der Waals surface area contributed by atoms with Gasteiger partial charge in [0.1, 0.15) is 3.82 Å². The molecule has 1 heterocycles. The number of benzene rings is 1. The van der Waals surface area contributed by atoms with E-state index in [-0.39, 0.29) is 0 Å². The first-order valence-electron chi connectivity index (χ1n) is 4.11. The Kier molecular flexibility index (Phi) is 2.95. The van der Waals surface area contributed by atoms with Crippen LogP contribution in [0, 0.1) is 3.82 Å². The van der Waals surface area contributed by atoms with E-state index in [1.165, 1.54) is 0 Å². The van der Waals surface area contributed by atoms with Crippen LogP contribution in [0.1, 0.15) is 10.4 Å². The lowest BCUT2D eigenvalue weighted by atomic mass is 10.1. The van der Waals surface area contributed by atoms with Gasteiger partial charge in [0.15, 0.2) is 0 Å². The van der Waals surface area contributed by atoms with Crippen LogP contribution in [-0.4, -0.2) is 11.1 Å². The topological polar surface area (TPSA) is 37.3 Å². The largest absolute Gasteiger partial charge is 0.478 e. The zero-order valence-corrected chi connectivity index (χ0v) is 9.92. The molecule has 2 nitrogen and oxygen atoms in total. The van der Waals surface area contributed by atoms with Crippen LogP contribution in [0.5, 0.6) is 0 Å². The standard InChI is InChI=1S/C10H6O2S3/c11-10(12)7-3-1-6(2-4-7)8-5-9(13)15-14-8/h1-5H,(H,11,12). The molecule has 76 valence electrons. The summed E-state index contributed by atoms with van der Waals surface area (Å²) in [7, 11) is 3.16. The van der Waals surface area contributed by atoms with E-state index in [0.29, 0.717) is 5.56 Å². The maximum Gasteiger partial charge on any atom is 0.335 e. The molecular formula is C10H6O2S3. The summed E-state index contributed by atoms with van der Waals surface area (Å²) >= 11 is 5.04. The molecule has 0 spiro atoms. The van der Waals surface area contributed by atoms with Gasteiger partial charge in [-0.05, 0) is 23.8 Å². The lowest BCUT2D eigenvalue weighted by molar-refractivity contribution is 0.0697. The highest BCUT2D eigenvalue weighted by Crippen LogP contribution is 2.29. The van der Waals surface area contributed by atoms with Crippen LogP contribution in [0.25, 0.3) is 10.4 Å². The number of aromatic carboxylic acids is 1. The van der Waals surface area contributed by atoms with E-state index in [9.17, 15) is 4.79 Å². The molecule has 15 heavy (non-hydrogen) atoms. The zero-order valence-electron chi connectivity index (χ0n) is 7.47. The van der Waals surface area contributed by atoms with Crippen molar-refractivity contribution in [1.29, 1.82) is 0 Å². The Hall–Kier alpha value is -1.04. The second kappa shape index (κ2) is 4.22. The van der Waals surface area contributed by atoms with Crippen molar-refractivity contribution >= 4 is 38.9 Å². The Bertz CT molecular complexity index is 536. The highest BCUT2D eigenvalue weighted by atomic mass is 32.9. The van der Waals surface area contributed by atoms with Crippen molar-refractivity contribution in [3.63, 3.8) is 0 Å². The van der Waals surface area contributed by atoms with Gasteiger partial charge in [0, 0.05) is 4.88 Å². The molecule has 5 heteroatoms. The number of carbonyl (C=O) groups is 1. The Morgan fingerprint density at radius 2 is 1.87 bits per heavy atom. The first-order chi connectivity index (χ1) is 7.16. The lowest BCUT2D eigenvalue weighted by Crippen LogP contribution is -1.94. The number of carboxylic acids is 1. The van der Waals surface area contributed by atoms with Gasteiger partial charge in [-0.3, -0.25) is 0 Å². The van der Waals surface area contributed by atoms with Crippen molar-refractivity contribution < 1.29 is 9.90 Å². The summed E-state index contributed by atoms with van der Waals surface area (Å²) < 4.78 is 0.859. The molecule has 2 rings (SSSR count). The van der Waals surface area contributed by atoms with Gasteiger partial charge in [0.2, 0.25) is 0 Å². The van der Waals surface area contributed by atoms with Crippen LogP contribution < -0.4 is 0 Å². The molecule has 1 N–H and O–H groups in total. The summed E-state index contributed by atoms with van der Waals surface area (Å²) in [6.45, 7) is 0.